The maximum atomic E-state index is 12.7. The third kappa shape index (κ3) is 3.77. The zero-order chi connectivity index (χ0) is 19.7. The van der Waals surface area contributed by atoms with E-state index in [9.17, 15) is 9.59 Å². The molecule has 2 aliphatic rings. The van der Waals surface area contributed by atoms with Gasteiger partial charge in [0.15, 0.2) is 5.82 Å². The van der Waals surface area contributed by atoms with Gasteiger partial charge in [0.1, 0.15) is 0 Å². The number of carbonyl (C=O) groups excluding carboxylic acids is 2. The van der Waals surface area contributed by atoms with Gasteiger partial charge in [-0.1, -0.05) is 29.8 Å². The van der Waals surface area contributed by atoms with Gasteiger partial charge in [-0.3, -0.25) is 9.59 Å². The van der Waals surface area contributed by atoms with Crippen molar-refractivity contribution < 1.29 is 9.59 Å². The highest BCUT2D eigenvalue weighted by Gasteiger charge is 2.31. The van der Waals surface area contributed by atoms with Crippen molar-refractivity contribution in [3.05, 3.63) is 58.7 Å². The second-order valence-electron chi connectivity index (χ2n) is 7.80. The van der Waals surface area contributed by atoms with Gasteiger partial charge in [0.25, 0.3) is 0 Å². The molecule has 6 heteroatoms. The Morgan fingerprint density at radius 2 is 1.96 bits per heavy atom. The van der Waals surface area contributed by atoms with E-state index in [1.165, 1.54) is 5.56 Å². The lowest BCUT2D eigenvalue weighted by atomic mass is 10.0. The Morgan fingerprint density at radius 1 is 1.18 bits per heavy atom. The second kappa shape index (κ2) is 7.70. The molecule has 28 heavy (non-hydrogen) atoms. The minimum atomic E-state index is -0.0102. The van der Waals surface area contributed by atoms with Crippen molar-refractivity contribution in [3.8, 4) is 0 Å². The summed E-state index contributed by atoms with van der Waals surface area (Å²) < 4.78 is 0. The molecule has 1 saturated heterocycles. The minimum absolute atomic E-state index is 0.0102. The summed E-state index contributed by atoms with van der Waals surface area (Å²) in [6, 6.07) is 8.10. The summed E-state index contributed by atoms with van der Waals surface area (Å²) >= 11 is 0. The van der Waals surface area contributed by atoms with E-state index in [4.69, 9.17) is 4.98 Å². The van der Waals surface area contributed by atoms with E-state index in [-0.39, 0.29) is 17.9 Å². The Kier molecular flexibility index (Phi) is 5.11. The van der Waals surface area contributed by atoms with Crippen LogP contribution in [0.2, 0.25) is 0 Å². The number of hydrogen-bond acceptors (Lipinski definition) is 4. The number of carbonyl (C=O) groups is 2. The maximum absolute atomic E-state index is 12.7. The number of rotatable bonds is 3. The van der Waals surface area contributed by atoms with Gasteiger partial charge >= 0.3 is 0 Å². The van der Waals surface area contributed by atoms with Gasteiger partial charge in [-0.25, -0.2) is 9.97 Å². The Bertz CT molecular complexity index is 894. The summed E-state index contributed by atoms with van der Waals surface area (Å²) in [6.07, 6.45) is 4.91. The molecule has 1 fully saturated rings. The number of likely N-dealkylation sites (tertiary alicyclic amines) is 1. The zero-order valence-corrected chi connectivity index (χ0v) is 16.5. The molecule has 2 aromatic rings. The molecule has 146 valence electrons. The lowest BCUT2D eigenvalue weighted by molar-refractivity contribution is -0.131. The van der Waals surface area contributed by atoms with Crippen LogP contribution in [0.25, 0.3) is 0 Å². The largest absolute Gasteiger partial charge is 0.338 e. The normalized spacial score (nSPS) is 18.9. The Hall–Kier alpha value is -2.76. The Balaban J connectivity index is 1.45. The molecule has 4 rings (SSSR count). The van der Waals surface area contributed by atoms with Crippen molar-refractivity contribution in [2.75, 3.05) is 13.1 Å². The number of aromatic nitrogens is 2. The molecule has 0 N–H and O–H groups in total. The monoisotopic (exact) mass is 378 g/mol. The van der Waals surface area contributed by atoms with E-state index in [1.54, 1.807) is 6.92 Å². The zero-order valence-electron chi connectivity index (χ0n) is 16.5. The number of hydrogen-bond donors (Lipinski definition) is 0. The summed E-state index contributed by atoms with van der Waals surface area (Å²) in [7, 11) is 0. The van der Waals surface area contributed by atoms with Crippen LogP contribution in [-0.4, -0.2) is 44.7 Å². The van der Waals surface area contributed by atoms with Gasteiger partial charge in [0.05, 0.1) is 18.2 Å². The molecule has 0 bridgehead atoms. The van der Waals surface area contributed by atoms with Crippen LogP contribution in [0.5, 0.6) is 0 Å². The molecule has 2 aliphatic heterocycles. The quantitative estimate of drug-likeness (QED) is 0.823. The average Bonchev–Trinajstić information content (AvgIpc) is 3.19. The van der Waals surface area contributed by atoms with E-state index in [0.717, 1.165) is 48.5 Å². The SMILES string of the molecule is CC(=O)N1CCCC1c1ncc2c(n1)CCN(C(=O)Cc1ccc(C)cc1)C2. The van der Waals surface area contributed by atoms with Crippen LogP contribution < -0.4 is 0 Å². The fraction of sp³-hybridized carbons (Fsp3) is 0.455. The van der Waals surface area contributed by atoms with E-state index in [2.05, 4.69) is 4.98 Å². The molecule has 1 aromatic carbocycles. The van der Waals surface area contributed by atoms with Crippen molar-refractivity contribution in [2.45, 2.75) is 52.1 Å². The van der Waals surface area contributed by atoms with E-state index >= 15 is 0 Å². The van der Waals surface area contributed by atoms with Crippen molar-refractivity contribution in [1.82, 2.24) is 19.8 Å². The molecule has 6 nitrogen and oxygen atoms in total. The minimum Gasteiger partial charge on any atom is -0.338 e. The molecular formula is C22H26N4O2. The number of aryl methyl sites for hydroxylation is 1. The van der Waals surface area contributed by atoms with Crippen molar-refractivity contribution in [3.63, 3.8) is 0 Å². The first-order chi connectivity index (χ1) is 13.5. The van der Waals surface area contributed by atoms with E-state index in [0.29, 0.717) is 19.5 Å². The topological polar surface area (TPSA) is 66.4 Å². The molecule has 0 saturated carbocycles. The second-order valence-corrected chi connectivity index (χ2v) is 7.80. The van der Waals surface area contributed by atoms with Gasteiger partial charge in [0, 0.05) is 44.7 Å². The fourth-order valence-electron chi connectivity index (χ4n) is 4.11. The molecule has 1 aromatic heterocycles. The molecule has 2 amide bonds. The van der Waals surface area contributed by atoms with Crippen LogP contribution >= 0.6 is 0 Å². The number of amides is 2. The van der Waals surface area contributed by atoms with Crippen molar-refractivity contribution >= 4 is 11.8 Å². The first kappa shape index (κ1) is 18.6. The summed E-state index contributed by atoms with van der Waals surface area (Å²) in [4.78, 5) is 37.6. The van der Waals surface area contributed by atoms with E-state index in [1.807, 2.05) is 47.2 Å². The smallest absolute Gasteiger partial charge is 0.227 e. The molecule has 3 heterocycles. The van der Waals surface area contributed by atoms with Crippen LogP contribution in [0, 0.1) is 6.92 Å². The molecule has 1 unspecified atom stereocenters. The molecule has 0 radical (unpaired) electrons. The van der Waals surface area contributed by atoms with Crippen molar-refractivity contribution in [2.24, 2.45) is 0 Å². The first-order valence-electron chi connectivity index (χ1n) is 9.96. The Labute approximate surface area is 165 Å². The van der Waals surface area contributed by atoms with Crippen molar-refractivity contribution in [1.29, 1.82) is 0 Å². The van der Waals surface area contributed by atoms with Crippen LogP contribution in [0.15, 0.2) is 30.5 Å². The van der Waals surface area contributed by atoms with Crippen LogP contribution in [0.1, 0.15) is 54.0 Å². The summed E-state index contributed by atoms with van der Waals surface area (Å²) in [5.41, 5.74) is 4.26. The molecular weight excluding hydrogens is 352 g/mol. The summed E-state index contributed by atoms with van der Waals surface area (Å²) in [6.45, 7) is 5.66. The third-order valence-corrected chi connectivity index (χ3v) is 5.74. The van der Waals surface area contributed by atoms with Gasteiger partial charge in [-0.15, -0.1) is 0 Å². The van der Waals surface area contributed by atoms with Crippen LogP contribution in [-0.2, 0) is 29.0 Å². The standard InChI is InChI=1S/C22H26N4O2/c1-15-5-7-17(8-6-15)12-21(28)25-11-9-19-18(14-25)13-23-22(24-19)20-4-3-10-26(20)16(2)27/h5-8,13,20H,3-4,9-12,14H2,1-2H3. The van der Waals surface area contributed by atoms with E-state index < -0.39 is 0 Å². The van der Waals surface area contributed by atoms with Gasteiger partial charge in [0.2, 0.25) is 11.8 Å². The fourth-order valence-corrected chi connectivity index (χ4v) is 4.11. The van der Waals surface area contributed by atoms with Crippen LogP contribution in [0.4, 0.5) is 0 Å². The highest BCUT2D eigenvalue weighted by Crippen LogP contribution is 2.30. The molecule has 0 aliphatic carbocycles. The predicted octanol–water partition coefficient (Wildman–Crippen LogP) is 2.60. The summed E-state index contributed by atoms with van der Waals surface area (Å²) in [5, 5.41) is 0. The molecule has 1 atom stereocenters. The maximum Gasteiger partial charge on any atom is 0.227 e. The lowest BCUT2D eigenvalue weighted by Gasteiger charge is -2.29. The van der Waals surface area contributed by atoms with Gasteiger partial charge < -0.3 is 9.80 Å². The lowest BCUT2D eigenvalue weighted by Crippen LogP contribution is -2.38. The average molecular weight is 378 g/mol. The number of fused-ring (bicyclic) bond motifs is 1. The van der Waals surface area contributed by atoms with Gasteiger partial charge in [-0.05, 0) is 25.3 Å². The first-order valence-corrected chi connectivity index (χ1v) is 9.96. The Morgan fingerprint density at radius 3 is 2.71 bits per heavy atom. The summed E-state index contributed by atoms with van der Waals surface area (Å²) in [5.74, 6) is 0.958. The number of nitrogens with zero attached hydrogens (tertiary/aromatic N) is 4. The number of benzene rings is 1. The molecule has 0 spiro atoms. The highest BCUT2D eigenvalue weighted by atomic mass is 16.2. The highest BCUT2D eigenvalue weighted by molar-refractivity contribution is 5.79. The van der Waals surface area contributed by atoms with Gasteiger partial charge in [-0.2, -0.15) is 0 Å². The predicted molar refractivity (Wildman–Crippen MR) is 105 cm³/mol. The third-order valence-electron chi connectivity index (χ3n) is 5.74. The van der Waals surface area contributed by atoms with Crippen LogP contribution in [0.3, 0.4) is 0 Å².